The number of thioether (sulfide) groups is 1. The molecule has 0 fully saturated rings. The Morgan fingerprint density at radius 3 is 2.91 bits per heavy atom. The highest BCUT2D eigenvalue weighted by molar-refractivity contribution is 7.99. The van der Waals surface area contributed by atoms with E-state index < -0.39 is 11.0 Å². The maximum Gasteiger partial charge on any atom is 0.306 e. The molecule has 2 heterocycles. The van der Waals surface area contributed by atoms with Gasteiger partial charge in [0.2, 0.25) is 0 Å². The quantitative estimate of drug-likeness (QED) is 0.424. The first-order valence-electron chi connectivity index (χ1n) is 6.95. The molecule has 3 rings (SSSR count). The van der Waals surface area contributed by atoms with Gasteiger partial charge in [0, 0.05) is 11.1 Å². The standard InChI is InChI=1S/C15H14N4O3S/c20-13(9-18-8-12(7-16-18)19(21)22)10-23-15-6-5-11-3-1-2-4-14(11)17-15/h1-8,13,20H,9-10H2. The van der Waals surface area contributed by atoms with Crippen LogP contribution in [-0.4, -0.2) is 36.7 Å². The molecule has 0 amide bonds. The molecule has 0 aliphatic rings. The van der Waals surface area contributed by atoms with Gasteiger partial charge in [0.1, 0.15) is 12.4 Å². The van der Waals surface area contributed by atoms with Crippen LogP contribution in [0.3, 0.4) is 0 Å². The lowest BCUT2D eigenvalue weighted by atomic mass is 10.2. The van der Waals surface area contributed by atoms with E-state index in [0.29, 0.717) is 5.75 Å². The van der Waals surface area contributed by atoms with Gasteiger partial charge in [0.25, 0.3) is 0 Å². The van der Waals surface area contributed by atoms with Crippen molar-refractivity contribution in [2.24, 2.45) is 0 Å². The predicted molar refractivity (Wildman–Crippen MR) is 87.4 cm³/mol. The van der Waals surface area contributed by atoms with Gasteiger partial charge in [-0.1, -0.05) is 24.3 Å². The third-order valence-corrected chi connectivity index (χ3v) is 4.30. The Morgan fingerprint density at radius 1 is 1.30 bits per heavy atom. The Balaban J connectivity index is 1.58. The smallest absolute Gasteiger partial charge is 0.306 e. The number of aliphatic hydroxyl groups excluding tert-OH is 1. The van der Waals surface area contributed by atoms with Crippen LogP contribution in [0.25, 0.3) is 10.9 Å². The molecule has 1 atom stereocenters. The first-order valence-corrected chi connectivity index (χ1v) is 7.94. The number of pyridine rings is 1. The van der Waals surface area contributed by atoms with Crippen molar-refractivity contribution < 1.29 is 10.0 Å². The van der Waals surface area contributed by atoms with Gasteiger partial charge in [-0.25, -0.2) is 4.98 Å². The fourth-order valence-electron chi connectivity index (χ4n) is 2.12. The molecule has 8 heteroatoms. The Bertz CT molecular complexity index is 836. The normalized spacial score (nSPS) is 12.4. The molecule has 0 bridgehead atoms. The van der Waals surface area contributed by atoms with Crippen LogP contribution in [0.1, 0.15) is 0 Å². The first kappa shape index (κ1) is 15.4. The molecular formula is C15H14N4O3S. The van der Waals surface area contributed by atoms with Crippen LogP contribution < -0.4 is 0 Å². The van der Waals surface area contributed by atoms with Gasteiger partial charge in [-0.3, -0.25) is 14.8 Å². The maximum atomic E-state index is 10.6. The molecule has 1 aromatic carbocycles. The van der Waals surface area contributed by atoms with Gasteiger partial charge in [0.05, 0.1) is 28.1 Å². The zero-order valence-corrected chi connectivity index (χ0v) is 12.9. The van der Waals surface area contributed by atoms with E-state index in [4.69, 9.17) is 0 Å². The third-order valence-electron chi connectivity index (χ3n) is 3.22. The zero-order chi connectivity index (χ0) is 16.2. The SMILES string of the molecule is O=[N+]([O-])c1cnn(CC(O)CSc2ccc3ccccc3n2)c1. The van der Waals surface area contributed by atoms with Gasteiger partial charge in [-0.15, -0.1) is 11.8 Å². The van der Waals surface area contributed by atoms with Crippen LogP contribution in [0.15, 0.2) is 53.8 Å². The minimum atomic E-state index is -0.673. The Hall–Kier alpha value is -2.45. The van der Waals surface area contributed by atoms with Gasteiger partial charge < -0.3 is 5.11 Å². The van der Waals surface area contributed by atoms with Crippen LogP contribution in [-0.2, 0) is 6.54 Å². The fourth-order valence-corrected chi connectivity index (χ4v) is 2.92. The minimum absolute atomic E-state index is 0.0824. The van der Waals surface area contributed by atoms with Crippen molar-refractivity contribution in [1.29, 1.82) is 0 Å². The van der Waals surface area contributed by atoms with Gasteiger partial charge >= 0.3 is 5.69 Å². The highest BCUT2D eigenvalue weighted by atomic mass is 32.2. The van der Waals surface area contributed by atoms with Crippen molar-refractivity contribution in [3.05, 3.63) is 58.9 Å². The number of rotatable bonds is 6. The molecule has 0 saturated carbocycles. The number of benzene rings is 1. The van der Waals surface area contributed by atoms with E-state index in [1.807, 2.05) is 36.4 Å². The molecule has 1 unspecified atom stereocenters. The number of para-hydroxylation sites is 1. The summed E-state index contributed by atoms with van der Waals surface area (Å²) in [7, 11) is 0. The minimum Gasteiger partial charge on any atom is -0.390 e. The van der Waals surface area contributed by atoms with Crippen LogP contribution >= 0.6 is 11.8 Å². The third kappa shape index (κ3) is 3.85. The number of fused-ring (bicyclic) bond motifs is 1. The predicted octanol–water partition coefficient (Wildman–Crippen LogP) is 2.49. The summed E-state index contributed by atoms with van der Waals surface area (Å²) >= 11 is 1.44. The summed E-state index contributed by atoms with van der Waals surface area (Å²) in [5.41, 5.74) is 0.829. The molecule has 7 nitrogen and oxygen atoms in total. The van der Waals surface area contributed by atoms with Crippen molar-refractivity contribution >= 4 is 28.4 Å². The second-order valence-electron chi connectivity index (χ2n) is 4.98. The number of nitrogens with zero attached hydrogens (tertiary/aromatic N) is 4. The van der Waals surface area contributed by atoms with E-state index in [-0.39, 0.29) is 12.2 Å². The fraction of sp³-hybridized carbons (Fsp3) is 0.200. The van der Waals surface area contributed by atoms with Crippen LogP contribution in [0, 0.1) is 10.1 Å². The maximum absolute atomic E-state index is 10.6. The lowest BCUT2D eigenvalue weighted by Gasteiger charge is -2.10. The zero-order valence-electron chi connectivity index (χ0n) is 12.1. The second-order valence-corrected chi connectivity index (χ2v) is 6.02. The van der Waals surface area contributed by atoms with Crippen molar-refractivity contribution in [2.75, 3.05) is 5.75 Å². The summed E-state index contributed by atoms with van der Waals surface area (Å²) < 4.78 is 1.37. The molecule has 0 spiro atoms. The van der Waals surface area contributed by atoms with Crippen molar-refractivity contribution in [3.8, 4) is 0 Å². The topological polar surface area (TPSA) is 94.1 Å². The number of hydrogen-bond acceptors (Lipinski definition) is 6. The van der Waals surface area contributed by atoms with Gasteiger partial charge in [-0.2, -0.15) is 5.10 Å². The Labute approximate surface area is 136 Å². The molecular weight excluding hydrogens is 316 g/mol. The first-order chi connectivity index (χ1) is 11.1. The molecule has 0 aliphatic carbocycles. The van der Waals surface area contributed by atoms with Crippen LogP contribution in [0.2, 0.25) is 0 Å². The monoisotopic (exact) mass is 330 g/mol. The van der Waals surface area contributed by atoms with Crippen LogP contribution in [0.5, 0.6) is 0 Å². The lowest BCUT2D eigenvalue weighted by molar-refractivity contribution is -0.385. The second kappa shape index (κ2) is 6.76. The summed E-state index contributed by atoms with van der Waals surface area (Å²) in [5.74, 6) is 0.430. The molecule has 1 N–H and O–H groups in total. The highest BCUT2D eigenvalue weighted by Crippen LogP contribution is 2.21. The van der Waals surface area contributed by atoms with Crippen molar-refractivity contribution in [1.82, 2.24) is 14.8 Å². The molecule has 3 aromatic rings. The van der Waals surface area contributed by atoms with E-state index in [1.54, 1.807) is 0 Å². The molecule has 118 valence electrons. The average Bonchev–Trinajstić information content (AvgIpc) is 3.01. The number of hydrogen-bond donors (Lipinski definition) is 1. The summed E-state index contributed by atoms with van der Waals surface area (Å²) in [6.45, 7) is 0.203. The van der Waals surface area contributed by atoms with E-state index in [9.17, 15) is 15.2 Å². The van der Waals surface area contributed by atoms with Crippen LogP contribution in [0.4, 0.5) is 5.69 Å². The molecule has 23 heavy (non-hydrogen) atoms. The Kier molecular flexibility index (Phi) is 4.54. The van der Waals surface area contributed by atoms with Gasteiger partial charge in [0.15, 0.2) is 0 Å². The Morgan fingerprint density at radius 2 is 2.13 bits per heavy atom. The summed E-state index contributed by atoms with van der Waals surface area (Å²) in [6, 6.07) is 11.7. The average molecular weight is 330 g/mol. The van der Waals surface area contributed by atoms with E-state index in [2.05, 4.69) is 10.1 Å². The van der Waals surface area contributed by atoms with Crippen molar-refractivity contribution in [2.45, 2.75) is 17.7 Å². The van der Waals surface area contributed by atoms with E-state index >= 15 is 0 Å². The summed E-state index contributed by atoms with van der Waals surface area (Å²) in [6.07, 6.45) is 1.81. The van der Waals surface area contributed by atoms with Gasteiger partial charge in [-0.05, 0) is 12.1 Å². The largest absolute Gasteiger partial charge is 0.390 e. The molecule has 0 aliphatic heterocycles. The number of nitro groups is 1. The number of aromatic nitrogens is 3. The molecule has 0 saturated heterocycles. The summed E-state index contributed by atoms with van der Waals surface area (Å²) in [5, 5.41) is 26.4. The van der Waals surface area contributed by atoms with E-state index in [0.717, 1.165) is 15.9 Å². The van der Waals surface area contributed by atoms with E-state index in [1.165, 1.54) is 28.8 Å². The molecule has 0 radical (unpaired) electrons. The summed E-state index contributed by atoms with van der Waals surface area (Å²) in [4.78, 5) is 14.6. The molecule has 2 aromatic heterocycles. The number of aliphatic hydroxyl groups is 1. The highest BCUT2D eigenvalue weighted by Gasteiger charge is 2.12. The lowest BCUT2D eigenvalue weighted by Crippen LogP contribution is -2.18. The van der Waals surface area contributed by atoms with Crippen molar-refractivity contribution in [3.63, 3.8) is 0 Å².